The normalized spacial score (nSPS) is 14.1. The van der Waals surface area contributed by atoms with Crippen LogP contribution in [0.5, 0.6) is 0 Å². The van der Waals surface area contributed by atoms with Gasteiger partial charge < -0.3 is 8.83 Å². The van der Waals surface area contributed by atoms with Crippen molar-refractivity contribution in [2.45, 2.75) is 58.3 Å². The molecule has 12 aromatic rings. The summed E-state index contributed by atoms with van der Waals surface area (Å²) in [5, 5.41) is 28.8. The number of nitrogens with zero attached hydrogens (tertiary/aromatic N) is 2. The van der Waals surface area contributed by atoms with Crippen LogP contribution < -0.4 is 0 Å². The Morgan fingerprint density at radius 3 is 1.44 bits per heavy atom. The molecule has 71 heavy (non-hydrogen) atoms. The van der Waals surface area contributed by atoms with Gasteiger partial charge in [-0.15, -0.1) is 0 Å². The fourth-order valence-electron chi connectivity index (χ4n) is 12.9. The highest BCUT2D eigenvalue weighted by molar-refractivity contribution is 6.20. The van der Waals surface area contributed by atoms with Crippen LogP contribution in [-0.2, 0) is 10.8 Å². The van der Waals surface area contributed by atoms with E-state index in [-0.39, 0.29) is 16.7 Å². The Morgan fingerprint density at radius 1 is 0.394 bits per heavy atom. The fourth-order valence-corrected chi connectivity index (χ4v) is 12.9. The Hall–Kier alpha value is -8.70. The summed E-state index contributed by atoms with van der Waals surface area (Å²) in [4.78, 5) is 0. The van der Waals surface area contributed by atoms with Gasteiger partial charge in [-0.1, -0.05) is 151 Å². The highest BCUT2D eigenvalue weighted by Crippen LogP contribution is 2.59. The van der Waals surface area contributed by atoms with Gasteiger partial charge in [0.1, 0.15) is 23.3 Å². The van der Waals surface area contributed by atoms with Crippen molar-refractivity contribution >= 4 is 65.4 Å². The second-order valence-electron chi connectivity index (χ2n) is 21.1. The summed E-state index contributed by atoms with van der Waals surface area (Å²) >= 11 is 0. The van der Waals surface area contributed by atoms with Crippen LogP contribution in [0, 0.1) is 22.7 Å². The number of hydrogen-bond donors (Lipinski definition) is 0. The molecule has 4 nitrogen and oxygen atoms in total. The molecule has 2 aliphatic rings. The van der Waals surface area contributed by atoms with Gasteiger partial charge in [-0.05, 0) is 166 Å². The van der Waals surface area contributed by atoms with Crippen LogP contribution in [0.25, 0.3) is 121 Å². The van der Waals surface area contributed by atoms with E-state index in [0.29, 0.717) is 22.3 Å². The lowest BCUT2D eigenvalue weighted by molar-refractivity contribution is 0.652. The Kier molecular flexibility index (Phi) is 8.39. The lowest BCUT2D eigenvalue weighted by Gasteiger charge is -2.25. The molecule has 0 fully saturated rings. The molecule has 4 heteroatoms. The summed E-state index contributed by atoms with van der Waals surface area (Å²) in [6, 6.07) is 63.8. The molecule has 0 N–H and O–H groups in total. The van der Waals surface area contributed by atoms with Crippen LogP contribution in [0.15, 0.2) is 173 Å². The van der Waals surface area contributed by atoms with Crippen molar-refractivity contribution in [3.8, 4) is 67.8 Å². The zero-order valence-corrected chi connectivity index (χ0v) is 40.4. The minimum Gasteiger partial charge on any atom is -0.455 e. The number of hydrogen-bond acceptors (Lipinski definition) is 4. The smallest absolute Gasteiger partial charge is 0.153 e. The molecule has 14 rings (SSSR count). The molecule has 2 heterocycles. The van der Waals surface area contributed by atoms with Gasteiger partial charge in [0, 0.05) is 32.4 Å². The van der Waals surface area contributed by atoms with E-state index in [2.05, 4.69) is 181 Å². The van der Waals surface area contributed by atoms with Gasteiger partial charge >= 0.3 is 0 Å². The summed E-state index contributed by atoms with van der Waals surface area (Å²) in [6.07, 6.45) is 0. The van der Waals surface area contributed by atoms with Crippen LogP contribution in [0.2, 0.25) is 0 Å². The Balaban J connectivity index is 0.928. The van der Waals surface area contributed by atoms with Crippen molar-refractivity contribution < 1.29 is 8.83 Å². The lowest BCUT2D eigenvalue weighted by Crippen LogP contribution is -2.17. The molecule has 0 amide bonds. The Morgan fingerprint density at radius 2 is 0.859 bits per heavy atom. The van der Waals surface area contributed by atoms with Gasteiger partial charge in [0.25, 0.3) is 0 Å². The van der Waals surface area contributed by atoms with E-state index in [0.717, 1.165) is 49.4 Å². The minimum absolute atomic E-state index is 0.237. The monoisotopic (exact) mass is 910 g/mol. The van der Waals surface area contributed by atoms with Gasteiger partial charge in [-0.2, -0.15) is 10.5 Å². The van der Waals surface area contributed by atoms with E-state index >= 15 is 0 Å². The molecule has 0 aliphatic heterocycles. The topological polar surface area (TPSA) is 73.9 Å². The number of rotatable bonds is 4. The van der Waals surface area contributed by atoms with Gasteiger partial charge in [0.05, 0.1) is 11.1 Å². The average molecular weight is 911 g/mol. The van der Waals surface area contributed by atoms with Crippen LogP contribution >= 0.6 is 0 Å². The Labute approximate surface area is 411 Å². The van der Waals surface area contributed by atoms with E-state index in [1.165, 1.54) is 88.3 Å². The average Bonchev–Trinajstić information content (AvgIpc) is 4.10. The summed E-state index contributed by atoms with van der Waals surface area (Å²) in [5.41, 5.74) is 22.3. The third-order valence-corrected chi connectivity index (χ3v) is 16.3. The second kappa shape index (κ2) is 14.4. The van der Waals surface area contributed by atoms with Crippen LogP contribution in [-0.4, -0.2) is 0 Å². The molecule has 0 spiro atoms. The highest BCUT2D eigenvalue weighted by atomic mass is 16.3. The van der Waals surface area contributed by atoms with Crippen molar-refractivity contribution in [3.05, 3.63) is 203 Å². The predicted octanol–water partition coefficient (Wildman–Crippen LogP) is 18.3. The van der Waals surface area contributed by atoms with Gasteiger partial charge in [-0.25, -0.2) is 0 Å². The van der Waals surface area contributed by atoms with Crippen LogP contribution in [0.1, 0.15) is 86.4 Å². The van der Waals surface area contributed by atoms with Crippen molar-refractivity contribution in [2.24, 2.45) is 0 Å². The summed E-state index contributed by atoms with van der Waals surface area (Å²) < 4.78 is 12.8. The first-order chi connectivity index (χ1) is 34.5. The number of para-hydroxylation sites is 2. The SMILES string of the molecule is CC(C)c1cc(-c2cccc3oc4c(C#N)cccc4c23)c2ccccc2c1-c1ccc2c(c1)C(C)(C)c1cc3c(cc1-2)C(C)(C)c1cc(-c2cccc4oc5c(C#N)cccc5c24)c2ccccc2c1-3. The van der Waals surface area contributed by atoms with Crippen molar-refractivity contribution in [3.63, 3.8) is 0 Å². The molecule has 0 unspecified atom stereocenters. The number of nitriles is 2. The van der Waals surface area contributed by atoms with Crippen LogP contribution in [0.3, 0.4) is 0 Å². The standard InChI is InChI=1S/C67H46N2O2/c1-36(2)49-30-50(45-21-13-25-58-62(45)47-23-11-15-38(34-68)64(47)70-58)40-17-7-9-19-43(40)60(49)37-27-28-42-52-32-56-53(33-55(52)66(3,4)54(42)29-37)61-44-20-10-8-18-41(44)51(31-57(61)67(56,5)6)46-22-14-26-59-63(46)48-24-12-16-39(35-69)65(48)71-59/h7-33,36H,1-6H3. The molecule has 0 atom stereocenters. The molecule has 0 saturated carbocycles. The first-order valence-electron chi connectivity index (χ1n) is 24.6. The molecule has 10 aromatic carbocycles. The summed E-state index contributed by atoms with van der Waals surface area (Å²) in [7, 11) is 0. The highest BCUT2D eigenvalue weighted by Gasteiger charge is 2.43. The Bertz CT molecular complexity index is 4460. The molecule has 2 aliphatic carbocycles. The van der Waals surface area contributed by atoms with Crippen molar-refractivity contribution in [2.75, 3.05) is 0 Å². The lowest BCUT2D eigenvalue weighted by atomic mass is 9.78. The van der Waals surface area contributed by atoms with Crippen molar-refractivity contribution in [1.29, 1.82) is 10.5 Å². The number of fused-ring (bicyclic) bond motifs is 15. The third-order valence-electron chi connectivity index (χ3n) is 16.3. The maximum atomic E-state index is 9.98. The second-order valence-corrected chi connectivity index (χ2v) is 21.1. The first-order valence-corrected chi connectivity index (χ1v) is 24.6. The maximum Gasteiger partial charge on any atom is 0.153 e. The van der Waals surface area contributed by atoms with E-state index in [4.69, 9.17) is 8.83 Å². The van der Waals surface area contributed by atoms with Crippen LogP contribution in [0.4, 0.5) is 0 Å². The molecule has 336 valence electrons. The summed E-state index contributed by atoms with van der Waals surface area (Å²) in [5.74, 6) is 0.237. The molecule has 0 bridgehead atoms. The van der Waals surface area contributed by atoms with Gasteiger partial charge in [0.2, 0.25) is 0 Å². The molecule has 2 aromatic heterocycles. The number of furan rings is 2. The fraction of sp³-hybridized carbons (Fsp3) is 0.134. The molecular formula is C67H46N2O2. The molecular weight excluding hydrogens is 865 g/mol. The predicted molar refractivity (Wildman–Crippen MR) is 291 cm³/mol. The number of benzene rings is 10. The molecule has 0 radical (unpaired) electrons. The van der Waals surface area contributed by atoms with E-state index in [9.17, 15) is 10.5 Å². The summed E-state index contributed by atoms with van der Waals surface area (Å²) in [6.45, 7) is 14.2. The zero-order valence-electron chi connectivity index (χ0n) is 40.4. The molecule has 0 saturated heterocycles. The van der Waals surface area contributed by atoms with E-state index < -0.39 is 0 Å². The quantitative estimate of drug-likeness (QED) is 0.176. The zero-order chi connectivity index (χ0) is 48.2. The largest absolute Gasteiger partial charge is 0.455 e. The van der Waals surface area contributed by atoms with Gasteiger partial charge in [-0.3, -0.25) is 0 Å². The third kappa shape index (κ3) is 5.48. The first kappa shape index (κ1) is 41.3. The minimum atomic E-state index is -0.288. The van der Waals surface area contributed by atoms with E-state index in [1.807, 2.05) is 36.4 Å². The van der Waals surface area contributed by atoms with E-state index in [1.54, 1.807) is 0 Å². The van der Waals surface area contributed by atoms with Gasteiger partial charge in [0.15, 0.2) is 11.2 Å². The van der Waals surface area contributed by atoms with Crippen molar-refractivity contribution in [1.82, 2.24) is 0 Å². The maximum absolute atomic E-state index is 9.98.